The van der Waals surface area contributed by atoms with Gasteiger partial charge in [-0.3, -0.25) is 9.48 Å². The van der Waals surface area contributed by atoms with Crippen LogP contribution in [0.25, 0.3) is 11.0 Å². The molecule has 4 rings (SSSR count). The van der Waals surface area contributed by atoms with Gasteiger partial charge in [0.2, 0.25) is 0 Å². The lowest BCUT2D eigenvalue weighted by atomic mass is 10.0. The van der Waals surface area contributed by atoms with E-state index in [2.05, 4.69) is 5.10 Å². The number of sulfone groups is 1. The van der Waals surface area contributed by atoms with Crippen molar-refractivity contribution >= 4 is 26.8 Å². The Labute approximate surface area is 159 Å². The highest BCUT2D eigenvalue weighted by Crippen LogP contribution is 2.40. The van der Waals surface area contributed by atoms with Gasteiger partial charge in [-0.15, -0.1) is 0 Å². The third kappa shape index (κ3) is 3.35. The second kappa shape index (κ2) is 6.58. The summed E-state index contributed by atoms with van der Waals surface area (Å²) >= 11 is 0. The van der Waals surface area contributed by atoms with E-state index in [1.807, 2.05) is 27.0 Å². The average Bonchev–Trinajstić information content (AvgIpc) is 3.35. The Morgan fingerprint density at radius 2 is 2.07 bits per heavy atom. The van der Waals surface area contributed by atoms with Gasteiger partial charge in [0.1, 0.15) is 0 Å². The Balaban J connectivity index is 1.80. The first-order chi connectivity index (χ1) is 12.8. The first kappa shape index (κ1) is 18.4. The first-order valence-corrected chi connectivity index (χ1v) is 11.5. The molecule has 0 bridgehead atoms. The van der Waals surface area contributed by atoms with Crippen molar-refractivity contribution in [3.8, 4) is 0 Å². The number of aryl methyl sites for hydroxylation is 2. The Morgan fingerprint density at radius 3 is 2.67 bits per heavy atom. The van der Waals surface area contributed by atoms with E-state index >= 15 is 0 Å². The lowest BCUT2D eigenvalue weighted by molar-refractivity contribution is 0.0699. The molecule has 0 radical (unpaired) electrons. The predicted molar refractivity (Wildman–Crippen MR) is 104 cm³/mol. The summed E-state index contributed by atoms with van der Waals surface area (Å²) < 4.78 is 25.7. The number of nitrogens with zero attached hydrogens (tertiary/aromatic N) is 4. The van der Waals surface area contributed by atoms with Crippen LogP contribution in [0.5, 0.6) is 0 Å². The van der Waals surface area contributed by atoms with Crippen molar-refractivity contribution in [2.24, 2.45) is 7.05 Å². The molecule has 1 aliphatic heterocycles. The van der Waals surface area contributed by atoms with Gasteiger partial charge in [0.05, 0.1) is 28.1 Å². The molecule has 3 heterocycles. The standard InChI is InChI=1S/C19H26N4O3S/c1-4-8-23(14-7-9-27(25,26)11-14)19(24)15-10-16(13-5-6-13)20-18-17(15)12(2)21-22(18)3/h10,13-14H,4-9,11H2,1-3H3. The van der Waals surface area contributed by atoms with Crippen LogP contribution in [0.1, 0.15) is 60.3 Å². The van der Waals surface area contributed by atoms with Crippen LogP contribution in [0.4, 0.5) is 0 Å². The molecule has 1 amide bonds. The molecule has 8 heteroatoms. The third-order valence-electron chi connectivity index (χ3n) is 5.59. The van der Waals surface area contributed by atoms with Crippen LogP contribution in [-0.4, -0.2) is 58.1 Å². The van der Waals surface area contributed by atoms with Crippen molar-refractivity contribution in [3.05, 3.63) is 23.0 Å². The van der Waals surface area contributed by atoms with Crippen LogP contribution in [0.15, 0.2) is 6.07 Å². The Kier molecular flexibility index (Phi) is 4.49. The van der Waals surface area contributed by atoms with Gasteiger partial charge >= 0.3 is 0 Å². The minimum absolute atomic E-state index is 0.0640. The van der Waals surface area contributed by atoms with Crippen LogP contribution in [0.2, 0.25) is 0 Å². The number of fused-ring (bicyclic) bond motifs is 1. The molecule has 7 nitrogen and oxygen atoms in total. The molecule has 2 aliphatic rings. The van der Waals surface area contributed by atoms with Gasteiger partial charge in [-0.25, -0.2) is 13.4 Å². The second-order valence-corrected chi connectivity index (χ2v) is 10.1. The van der Waals surface area contributed by atoms with E-state index in [4.69, 9.17) is 4.98 Å². The number of hydrogen-bond donors (Lipinski definition) is 0. The molecule has 2 aromatic rings. The van der Waals surface area contributed by atoms with Gasteiger partial charge in [-0.1, -0.05) is 6.92 Å². The number of hydrogen-bond acceptors (Lipinski definition) is 5. The van der Waals surface area contributed by atoms with Gasteiger partial charge < -0.3 is 4.90 Å². The minimum atomic E-state index is -3.06. The lowest BCUT2D eigenvalue weighted by Crippen LogP contribution is -2.41. The van der Waals surface area contributed by atoms with Crippen LogP contribution in [-0.2, 0) is 16.9 Å². The van der Waals surface area contributed by atoms with Gasteiger partial charge in [0.25, 0.3) is 5.91 Å². The quantitative estimate of drug-likeness (QED) is 0.781. The molecule has 0 N–H and O–H groups in total. The van der Waals surface area contributed by atoms with Crippen LogP contribution in [0.3, 0.4) is 0 Å². The molecule has 0 aromatic carbocycles. The molecule has 2 fully saturated rings. The fourth-order valence-electron chi connectivity index (χ4n) is 4.09. The highest BCUT2D eigenvalue weighted by atomic mass is 32.2. The highest BCUT2D eigenvalue weighted by Gasteiger charge is 2.36. The number of aromatic nitrogens is 3. The fraction of sp³-hybridized carbons (Fsp3) is 0.632. The molecular formula is C19H26N4O3S. The Hall–Kier alpha value is -1.96. The fourth-order valence-corrected chi connectivity index (χ4v) is 5.82. The van der Waals surface area contributed by atoms with Crippen LogP contribution < -0.4 is 0 Å². The number of carbonyl (C=O) groups is 1. The van der Waals surface area contributed by atoms with E-state index in [1.54, 1.807) is 9.58 Å². The molecular weight excluding hydrogens is 364 g/mol. The van der Waals surface area contributed by atoms with Crippen molar-refractivity contribution in [3.63, 3.8) is 0 Å². The number of rotatable bonds is 5. The van der Waals surface area contributed by atoms with Crippen LogP contribution >= 0.6 is 0 Å². The molecule has 0 spiro atoms. The van der Waals surface area contributed by atoms with E-state index in [0.717, 1.165) is 41.7 Å². The molecule has 1 saturated carbocycles. The topological polar surface area (TPSA) is 85.2 Å². The summed E-state index contributed by atoms with van der Waals surface area (Å²) in [6.45, 7) is 4.46. The van der Waals surface area contributed by atoms with Gasteiger partial charge in [-0.05, 0) is 38.7 Å². The molecule has 2 aromatic heterocycles. The molecule has 1 atom stereocenters. The van der Waals surface area contributed by atoms with Gasteiger partial charge in [-0.2, -0.15) is 5.10 Å². The zero-order valence-corrected chi connectivity index (χ0v) is 16.9. The summed E-state index contributed by atoms with van der Waals surface area (Å²) in [4.78, 5) is 20.1. The van der Waals surface area contributed by atoms with E-state index in [9.17, 15) is 13.2 Å². The van der Waals surface area contributed by atoms with Gasteiger partial charge in [0, 0.05) is 31.2 Å². The summed E-state index contributed by atoms with van der Waals surface area (Å²) in [6, 6.07) is 1.68. The van der Waals surface area contributed by atoms with Crippen molar-refractivity contribution in [1.29, 1.82) is 0 Å². The Morgan fingerprint density at radius 1 is 1.33 bits per heavy atom. The lowest BCUT2D eigenvalue weighted by Gasteiger charge is -2.28. The predicted octanol–water partition coefficient (Wildman–Crippen LogP) is 2.19. The highest BCUT2D eigenvalue weighted by molar-refractivity contribution is 7.91. The molecule has 1 unspecified atom stereocenters. The summed E-state index contributed by atoms with van der Waals surface area (Å²) in [5.41, 5.74) is 3.08. The number of amides is 1. The van der Waals surface area contributed by atoms with Crippen molar-refractivity contribution in [2.75, 3.05) is 18.1 Å². The first-order valence-electron chi connectivity index (χ1n) is 9.66. The zero-order valence-electron chi connectivity index (χ0n) is 16.1. The largest absolute Gasteiger partial charge is 0.335 e. The van der Waals surface area contributed by atoms with E-state index in [1.165, 1.54) is 0 Å². The zero-order chi connectivity index (χ0) is 19.3. The summed E-state index contributed by atoms with van der Waals surface area (Å²) in [5, 5.41) is 5.25. The average molecular weight is 391 g/mol. The SMILES string of the molecule is CCCN(C(=O)c1cc(C2CC2)nc2c1c(C)nn2C)C1CCS(=O)(=O)C1. The smallest absolute Gasteiger partial charge is 0.255 e. The summed E-state index contributed by atoms with van der Waals surface area (Å²) in [6.07, 6.45) is 3.51. The maximum absolute atomic E-state index is 13.6. The van der Waals surface area contributed by atoms with E-state index in [0.29, 0.717) is 24.4 Å². The number of pyridine rings is 1. The van der Waals surface area contributed by atoms with E-state index in [-0.39, 0.29) is 23.5 Å². The maximum Gasteiger partial charge on any atom is 0.255 e. The number of carbonyl (C=O) groups excluding carboxylic acids is 1. The minimum Gasteiger partial charge on any atom is -0.335 e. The Bertz CT molecular complexity index is 1010. The van der Waals surface area contributed by atoms with E-state index < -0.39 is 9.84 Å². The van der Waals surface area contributed by atoms with Gasteiger partial charge in [0.15, 0.2) is 15.5 Å². The van der Waals surface area contributed by atoms with Crippen LogP contribution in [0, 0.1) is 6.92 Å². The third-order valence-corrected chi connectivity index (χ3v) is 7.34. The van der Waals surface area contributed by atoms with Crippen molar-refractivity contribution < 1.29 is 13.2 Å². The molecule has 146 valence electrons. The van der Waals surface area contributed by atoms with Crippen molar-refractivity contribution in [2.45, 2.75) is 51.5 Å². The molecule has 1 saturated heterocycles. The second-order valence-electron chi connectivity index (χ2n) is 7.83. The summed E-state index contributed by atoms with van der Waals surface area (Å²) in [5.74, 6) is 0.553. The summed E-state index contributed by atoms with van der Waals surface area (Å²) in [7, 11) is -1.21. The maximum atomic E-state index is 13.6. The molecule has 1 aliphatic carbocycles. The normalized spacial score (nSPS) is 21.7. The molecule has 27 heavy (non-hydrogen) atoms. The monoisotopic (exact) mass is 390 g/mol. The van der Waals surface area contributed by atoms with Crippen molar-refractivity contribution in [1.82, 2.24) is 19.7 Å².